The SMILES string of the molecule is CCC(C(N)=O)N1C=C(c2cccc([N+](=O)[O-])c2)CC1=O. The van der Waals surface area contributed by atoms with Crippen LogP contribution in [-0.4, -0.2) is 27.7 Å². The zero-order valence-electron chi connectivity index (χ0n) is 11.5. The van der Waals surface area contributed by atoms with Crippen molar-refractivity contribution >= 4 is 23.1 Å². The molecule has 1 aromatic rings. The zero-order chi connectivity index (χ0) is 15.6. The van der Waals surface area contributed by atoms with Crippen LogP contribution in [0.15, 0.2) is 30.5 Å². The van der Waals surface area contributed by atoms with Gasteiger partial charge in [0.25, 0.3) is 5.69 Å². The molecule has 0 aliphatic carbocycles. The number of amides is 2. The Morgan fingerprint density at radius 3 is 2.81 bits per heavy atom. The van der Waals surface area contributed by atoms with Gasteiger partial charge in [-0.05, 0) is 17.6 Å². The number of rotatable bonds is 5. The fourth-order valence-electron chi connectivity index (χ4n) is 2.33. The average Bonchev–Trinajstić information content (AvgIpc) is 2.81. The summed E-state index contributed by atoms with van der Waals surface area (Å²) in [6.45, 7) is 1.77. The summed E-state index contributed by atoms with van der Waals surface area (Å²) in [7, 11) is 0. The van der Waals surface area contributed by atoms with E-state index in [4.69, 9.17) is 5.73 Å². The van der Waals surface area contributed by atoms with Crippen molar-refractivity contribution in [1.82, 2.24) is 4.90 Å². The van der Waals surface area contributed by atoms with E-state index in [-0.39, 0.29) is 18.0 Å². The molecule has 7 heteroatoms. The minimum Gasteiger partial charge on any atom is -0.368 e. The van der Waals surface area contributed by atoms with Gasteiger partial charge in [0.1, 0.15) is 6.04 Å². The van der Waals surface area contributed by atoms with Gasteiger partial charge in [0.2, 0.25) is 11.8 Å². The Balaban J connectivity index is 2.33. The summed E-state index contributed by atoms with van der Waals surface area (Å²) in [5, 5.41) is 10.8. The van der Waals surface area contributed by atoms with Crippen molar-refractivity contribution in [2.75, 3.05) is 0 Å². The number of nitro groups is 1. The van der Waals surface area contributed by atoms with Crippen molar-refractivity contribution < 1.29 is 14.5 Å². The maximum atomic E-state index is 12.0. The minimum absolute atomic E-state index is 0.0405. The highest BCUT2D eigenvalue weighted by molar-refractivity contribution is 5.98. The molecule has 2 rings (SSSR count). The lowest BCUT2D eigenvalue weighted by molar-refractivity contribution is -0.384. The number of hydrogen-bond acceptors (Lipinski definition) is 4. The van der Waals surface area contributed by atoms with Gasteiger partial charge in [0.15, 0.2) is 0 Å². The third-order valence-corrected chi connectivity index (χ3v) is 3.40. The summed E-state index contributed by atoms with van der Waals surface area (Å²) in [6.07, 6.45) is 2.07. The molecular formula is C14H15N3O4. The van der Waals surface area contributed by atoms with Crippen LogP contribution in [0.1, 0.15) is 25.3 Å². The van der Waals surface area contributed by atoms with Crippen LogP contribution in [0, 0.1) is 10.1 Å². The molecule has 1 heterocycles. The third-order valence-electron chi connectivity index (χ3n) is 3.40. The molecule has 1 unspecified atom stereocenters. The van der Waals surface area contributed by atoms with Crippen LogP contribution >= 0.6 is 0 Å². The lowest BCUT2D eigenvalue weighted by atomic mass is 10.1. The van der Waals surface area contributed by atoms with Crippen LogP contribution < -0.4 is 5.73 Å². The van der Waals surface area contributed by atoms with Gasteiger partial charge < -0.3 is 10.6 Å². The number of non-ortho nitro benzene ring substituents is 1. The zero-order valence-corrected chi connectivity index (χ0v) is 11.5. The predicted octanol–water partition coefficient (Wildman–Crippen LogP) is 1.43. The Labute approximate surface area is 121 Å². The molecule has 2 N–H and O–H groups in total. The van der Waals surface area contributed by atoms with E-state index >= 15 is 0 Å². The molecule has 0 spiro atoms. The van der Waals surface area contributed by atoms with Gasteiger partial charge in [-0.2, -0.15) is 0 Å². The van der Waals surface area contributed by atoms with Crippen LogP contribution in [0.5, 0.6) is 0 Å². The van der Waals surface area contributed by atoms with Gasteiger partial charge in [-0.3, -0.25) is 19.7 Å². The van der Waals surface area contributed by atoms with E-state index in [2.05, 4.69) is 0 Å². The van der Waals surface area contributed by atoms with Gasteiger partial charge in [-0.1, -0.05) is 19.1 Å². The van der Waals surface area contributed by atoms with E-state index in [0.717, 1.165) is 0 Å². The second-order valence-corrected chi connectivity index (χ2v) is 4.77. The second kappa shape index (κ2) is 5.74. The molecule has 0 bridgehead atoms. The highest BCUT2D eigenvalue weighted by Gasteiger charge is 2.31. The van der Waals surface area contributed by atoms with E-state index in [9.17, 15) is 19.7 Å². The first kappa shape index (κ1) is 14.7. The summed E-state index contributed by atoms with van der Waals surface area (Å²) in [6, 6.07) is 5.37. The monoisotopic (exact) mass is 289 g/mol. The Morgan fingerprint density at radius 2 is 2.24 bits per heavy atom. The summed E-state index contributed by atoms with van der Waals surface area (Å²) in [5.74, 6) is -0.801. The number of nitrogens with two attached hydrogens (primary N) is 1. The number of nitrogens with zero attached hydrogens (tertiary/aromatic N) is 2. The molecule has 21 heavy (non-hydrogen) atoms. The number of carbonyl (C=O) groups excluding carboxylic acids is 2. The molecule has 1 atom stereocenters. The lowest BCUT2D eigenvalue weighted by Crippen LogP contribution is -2.42. The van der Waals surface area contributed by atoms with Crippen molar-refractivity contribution in [3.05, 3.63) is 46.1 Å². The first-order valence-electron chi connectivity index (χ1n) is 6.50. The van der Waals surface area contributed by atoms with Crippen LogP contribution in [0.2, 0.25) is 0 Å². The number of primary amides is 1. The van der Waals surface area contributed by atoms with Crippen LogP contribution in [0.3, 0.4) is 0 Å². The Kier molecular flexibility index (Phi) is 4.02. The summed E-state index contributed by atoms with van der Waals surface area (Å²) in [4.78, 5) is 35.0. The quantitative estimate of drug-likeness (QED) is 0.653. The summed E-state index contributed by atoms with van der Waals surface area (Å²) >= 11 is 0. The van der Waals surface area contributed by atoms with Crippen LogP contribution in [0.25, 0.3) is 5.57 Å². The lowest BCUT2D eigenvalue weighted by Gasteiger charge is -2.21. The summed E-state index contributed by atoms with van der Waals surface area (Å²) < 4.78 is 0. The Hall–Kier alpha value is -2.70. The van der Waals surface area contributed by atoms with Crippen LogP contribution in [-0.2, 0) is 9.59 Å². The average molecular weight is 289 g/mol. The van der Waals surface area contributed by atoms with E-state index in [1.165, 1.54) is 17.0 Å². The first-order chi connectivity index (χ1) is 9.93. The van der Waals surface area contributed by atoms with Crippen molar-refractivity contribution in [2.45, 2.75) is 25.8 Å². The number of nitro benzene ring substituents is 1. The molecule has 0 saturated carbocycles. The number of carbonyl (C=O) groups is 2. The fourth-order valence-corrected chi connectivity index (χ4v) is 2.33. The Morgan fingerprint density at radius 1 is 1.52 bits per heavy atom. The molecule has 1 aliphatic rings. The van der Waals surface area contributed by atoms with Gasteiger partial charge in [0.05, 0.1) is 11.3 Å². The van der Waals surface area contributed by atoms with Crippen molar-refractivity contribution in [3.63, 3.8) is 0 Å². The first-order valence-corrected chi connectivity index (χ1v) is 6.50. The van der Waals surface area contributed by atoms with E-state index < -0.39 is 16.9 Å². The van der Waals surface area contributed by atoms with E-state index in [1.807, 2.05) is 0 Å². The van der Waals surface area contributed by atoms with Crippen molar-refractivity contribution in [2.24, 2.45) is 5.73 Å². The van der Waals surface area contributed by atoms with Gasteiger partial charge in [-0.15, -0.1) is 0 Å². The normalized spacial score (nSPS) is 15.8. The minimum atomic E-state index is -0.686. The standard InChI is InChI=1S/C14H15N3O4/c1-2-12(14(15)19)16-8-10(7-13(16)18)9-4-3-5-11(6-9)17(20)21/h3-6,8,12H,2,7H2,1H3,(H2,15,19). The Bertz CT molecular complexity index is 639. The van der Waals surface area contributed by atoms with Crippen molar-refractivity contribution in [1.29, 1.82) is 0 Å². The second-order valence-electron chi connectivity index (χ2n) is 4.77. The molecule has 7 nitrogen and oxygen atoms in total. The largest absolute Gasteiger partial charge is 0.368 e. The van der Waals surface area contributed by atoms with Crippen LogP contribution in [0.4, 0.5) is 5.69 Å². The number of benzene rings is 1. The van der Waals surface area contributed by atoms with Gasteiger partial charge in [0, 0.05) is 18.3 Å². The number of hydrogen-bond donors (Lipinski definition) is 1. The van der Waals surface area contributed by atoms with E-state index in [0.29, 0.717) is 17.6 Å². The topological polar surface area (TPSA) is 107 Å². The molecule has 2 amide bonds. The molecule has 0 saturated heterocycles. The van der Waals surface area contributed by atoms with Gasteiger partial charge >= 0.3 is 0 Å². The highest BCUT2D eigenvalue weighted by Crippen LogP contribution is 2.29. The highest BCUT2D eigenvalue weighted by atomic mass is 16.6. The molecule has 110 valence electrons. The third kappa shape index (κ3) is 2.91. The smallest absolute Gasteiger partial charge is 0.270 e. The van der Waals surface area contributed by atoms with E-state index in [1.54, 1.807) is 25.3 Å². The maximum absolute atomic E-state index is 12.0. The van der Waals surface area contributed by atoms with Gasteiger partial charge in [-0.25, -0.2) is 0 Å². The maximum Gasteiger partial charge on any atom is 0.270 e. The van der Waals surface area contributed by atoms with Crippen molar-refractivity contribution in [3.8, 4) is 0 Å². The fraction of sp³-hybridized carbons (Fsp3) is 0.286. The molecule has 1 aliphatic heterocycles. The molecular weight excluding hydrogens is 274 g/mol. The molecule has 0 radical (unpaired) electrons. The predicted molar refractivity (Wildman–Crippen MR) is 75.8 cm³/mol. The molecule has 1 aromatic carbocycles. The summed E-state index contributed by atoms with van der Waals surface area (Å²) in [5.41, 5.74) is 6.48. The molecule has 0 fully saturated rings. The molecule has 0 aromatic heterocycles.